The van der Waals surface area contributed by atoms with E-state index in [4.69, 9.17) is 23.7 Å². The van der Waals surface area contributed by atoms with Crippen LogP contribution in [-0.4, -0.2) is 34.4 Å². The Kier molecular flexibility index (Phi) is 5.71. The van der Waals surface area contributed by atoms with E-state index < -0.39 is 6.10 Å². The van der Waals surface area contributed by atoms with Crippen LogP contribution in [-0.2, 0) is 4.74 Å². The summed E-state index contributed by atoms with van der Waals surface area (Å²) in [7, 11) is 6.38. The van der Waals surface area contributed by atoms with Gasteiger partial charge in [0.05, 0.1) is 39.9 Å². The molecule has 3 aromatic rings. The number of rotatable bonds is 7. The molecule has 0 N–H and O–H groups in total. The third-order valence-electron chi connectivity index (χ3n) is 5.56. The molecule has 0 fully saturated rings. The molecule has 0 saturated heterocycles. The number of fused-ring (bicyclic) bond motifs is 1. The molecule has 0 aliphatic carbocycles. The van der Waals surface area contributed by atoms with Gasteiger partial charge in [0.2, 0.25) is 0 Å². The Hall–Kier alpha value is -3.67. The van der Waals surface area contributed by atoms with E-state index in [0.717, 1.165) is 16.7 Å². The number of carbonyl (C=O) groups excluding carboxylic acids is 1. The Bertz CT molecular complexity index is 1050. The van der Waals surface area contributed by atoms with Crippen molar-refractivity contribution in [2.24, 2.45) is 0 Å². The highest BCUT2D eigenvalue weighted by Crippen LogP contribution is 2.47. The molecule has 1 aliphatic rings. The molecule has 0 amide bonds. The van der Waals surface area contributed by atoms with E-state index in [0.29, 0.717) is 28.6 Å². The van der Waals surface area contributed by atoms with Crippen molar-refractivity contribution in [3.63, 3.8) is 0 Å². The molecule has 0 spiro atoms. The van der Waals surface area contributed by atoms with E-state index >= 15 is 0 Å². The van der Waals surface area contributed by atoms with Crippen molar-refractivity contribution in [1.29, 1.82) is 0 Å². The lowest BCUT2D eigenvalue weighted by atomic mass is 9.83. The summed E-state index contributed by atoms with van der Waals surface area (Å²) >= 11 is 0. The molecule has 3 aromatic carbocycles. The van der Waals surface area contributed by atoms with Crippen LogP contribution in [0.3, 0.4) is 0 Å². The average Bonchev–Trinajstić information content (AvgIpc) is 3.15. The molecule has 1 unspecified atom stereocenters. The van der Waals surface area contributed by atoms with E-state index in [1.165, 1.54) is 0 Å². The lowest BCUT2D eigenvalue weighted by molar-refractivity contribution is 0.0351. The summed E-state index contributed by atoms with van der Waals surface area (Å²) < 4.78 is 27.7. The van der Waals surface area contributed by atoms with E-state index in [1.807, 2.05) is 54.6 Å². The van der Waals surface area contributed by atoms with Crippen LogP contribution >= 0.6 is 0 Å². The number of esters is 1. The van der Waals surface area contributed by atoms with Crippen LogP contribution < -0.4 is 18.9 Å². The summed E-state index contributed by atoms with van der Waals surface area (Å²) in [5, 5.41) is 0. The molecule has 6 heteroatoms. The molecule has 31 heavy (non-hydrogen) atoms. The van der Waals surface area contributed by atoms with Crippen LogP contribution in [0.25, 0.3) is 0 Å². The number of hydrogen-bond donors (Lipinski definition) is 0. The highest BCUT2D eigenvalue weighted by molar-refractivity contribution is 5.94. The van der Waals surface area contributed by atoms with Crippen LogP contribution in [0.4, 0.5) is 0 Å². The molecule has 0 aromatic heterocycles. The molecular weight excluding hydrogens is 396 g/mol. The smallest absolute Gasteiger partial charge is 0.339 e. The van der Waals surface area contributed by atoms with Crippen molar-refractivity contribution in [2.45, 2.75) is 12.0 Å². The molecular formula is C25H24O6. The third-order valence-corrected chi connectivity index (χ3v) is 5.56. The van der Waals surface area contributed by atoms with E-state index in [1.54, 1.807) is 34.5 Å². The van der Waals surface area contributed by atoms with Crippen molar-refractivity contribution in [2.75, 3.05) is 28.4 Å². The minimum atomic E-state index is -0.500. The number of benzene rings is 3. The Labute approximate surface area is 181 Å². The molecule has 160 valence electrons. The summed E-state index contributed by atoms with van der Waals surface area (Å²) in [5.41, 5.74) is 3.26. The van der Waals surface area contributed by atoms with Gasteiger partial charge in [-0.3, -0.25) is 0 Å². The molecule has 0 saturated carbocycles. The van der Waals surface area contributed by atoms with Crippen LogP contribution in [0.2, 0.25) is 0 Å². The van der Waals surface area contributed by atoms with E-state index in [9.17, 15) is 4.79 Å². The van der Waals surface area contributed by atoms with Crippen molar-refractivity contribution >= 4 is 5.97 Å². The van der Waals surface area contributed by atoms with Gasteiger partial charge < -0.3 is 23.7 Å². The topological polar surface area (TPSA) is 63.2 Å². The first kappa shape index (κ1) is 20.6. The molecule has 4 rings (SSSR count). The van der Waals surface area contributed by atoms with Crippen molar-refractivity contribution in [3.8, 4) is 23.0 Å². The summed E-state index contributed by atoms with van der Waals surface area (Å²) in [4.78, 5) is 12.6. The maximum atomic E-state index is 12.6. The number of hydrogen-bond acceptors (Lipinski definition) is 6. The second-order valence-corrected chi connectivity index (χ2v) is 7.12. The molecule has 1 atom stereocenters. The van der Waals surface area contributed by atoms with Gasteiger partial charge in [0.25, 0.3) is 0 Å². The Morgan fingerprint density at radius 3 is 1.74 bits per heavy atom. The predicted octanol–water partition coefficient (Wildman–Crippen LogP) is 4.76. The first-order chi connectivity index (χ1) is 15.1. The van der Waals surface area contributed by atoms with Crippen LogP contribution in [0.5, 0.6) is 23.0 Å². The summed E-state index contributed by atoms with van der Waals surface area (Å²) in [6.07, 6.45) is -0.500. The maximum absolute atomic E-state index is 12.6. The average molecular weight is 420 g/mol. The molecule has 0 radical (unpaired) electrons. The SMILES string of the molecule is COc1ccc(C(c2ccc(OC)c(OC)c2)C2OC(=O)c3ccccc32)cc1OC. The molecule has 6 nitrogen and oxygen atoms in total. The number of cyclic esters (lactones) is 1. The van der Waals surface area contributed by atoms with Crippen LogP contribution in [0.15, 0.2) is 60.7 Å². The van der Waals surface area contributed by atoms with E-state index in [-0.39, 0.29) is 11.9 Å². The highest BCUT2D eigenvalue weighted by atomic mass is 16.6. The van der Waals surface area contributed by atoms with Gasteiger partial charge in [0.1, 0.15) is 6.10 Å². The van der Waals surface area contributed by atoms with Gasteiger partial charge in [0, 0.05) is 5.56 Å². The summed E-state index contributed by atoms with van der Waals surface area (Å²) in [6, 6.07) is 18.9. The standard InChI is InChI=1S/C25H24O6/c1-27-19-11-9-15(13-21(19)29-3)23(16-10-12-20(28-2)22(14-16)30-4)24-17-7-5-6-8-18(17)25(26)31-24/h5-14,23-24H,1-4H3. The zero-order chi connectivity index (χ0) is 22.0. The van der Waals surface area contributed by atoms with Gasteiger partial charge in [-0.05, 0) is 41.5 Å². The Balaban J connectivity index is 1.90. The minimum Gasteiger partial charge on any atom is -0.493 e. The van der Waals surface area contributed by atoms with Gasteiger partial charge in [-0.2, -0.15) is 0 Å². The van der Waals surface area contributed by atoms with Gasteiger partial charge in [0.15, 0.2) is 23.0 Å². The molecule has 1 aliphatic heterocycles. The quantitative estimate of drug-likeness (QED) is 0.514. The zero-order valence-corrected chi connectivity index (χ0v) is 17.9. The maximum Gasteiger partial charge on any atom is 0.339 e. The largest absolute Gasteiger partial charge is 0.493 e. The van der Waals surface area contributed by atoms with Gasteiger partial charge in [-0.1, -0.05) is 30.3 Å². The first-order valence-corrected chi connectivity index (χ1v) is 9.85. The normalized spacial score (nSPS) is 14.7. The molecule has 0 bridgehead atoms. The second kappa shape index (κ2) is 8.60. The third kappa shape index (κ3) is 3.65. The zero-order valence-electron chi connectivity index (χ0n) is 17.9. The summed E-state index contributed by atoms with van der Waals surface area (Å²) in [5.74, 6) is 1.83. The highest BCUT2D eigenvalue weighted by Gasteiger charge is 2.38. The Morgan fingerprint density at radius 1 is 0.710 bits per heavy atom. The predicted molar refractivity (Wildman–Crippen MR) is 116 cm³/mol. The Morgan fingerprint density at radius 2 is 1.23 bits per heavy atom. The molecule has 1 heterocycles. The van der Waals surface area contributed by atoms with Crippen molar-refractivity contribution in [3.05, 3.63) is 82.9 Å². The summed E-state index contributed by atoms with van der Waals surface area (Å²) in [6.45, 7) is 0. The van der Waals surface area contributed by atoms with Gasteiger partial charge in [-0.25, -0.2) is 4.79 Å². The fourth-order valence-corrected chi connectivity index (χ4v) is 4.06. The number of ether oxygens (including phenoxy) is 5. The van der Waals surface area contributed by atoms with Gasteiger partial charge in [-0.15, -0.1) is 0 Å². The number of carbonyl (C=O) groups is 1. The monoisotopic (exact) mass is 420 g/mol. The lowest BCUT2D eigenvalue weighted by Gasteiger charge is -2.26. The fourth-order valence-electron chi connectivity index (χ4n) is 4.06. The van der Waals surface area contributed by atoms with Crippen LogP contribution in [0.1, 0.15) is 39.1 Å². The number of methoxy groups -OCH3 is 4. The van der Waals surface area contributed by atoms with Gasteiger partial charge >= 0.3 is 5.97 Å². The van der Waals surface area contributed by atoms with Crippen LogP contribution in [0, 0.1) is 0 Å². The first-order valence-electron chi connectivity index (χ1n) is 9.85. The van der Waals surface area contributed by atoms with E-state index in [2.05, 4.69) is 0 Å². The minimum absolute atomic E-state index is 0.299. The second-order valence-electron chi connectivity index (χ2n) is 7.12. The lowest BCUT2D eigenvalue weighted by Crippen LogP contribution is -2.14. The van der Waals surface area contributed by atoms with Crippen molar-refractivity contribution in [1.82, 2.24) is 0 Å². The fraction of sp³-hybridized carbons (Fsp3) is 0.240. The van der Waals surface area contributed by atoms with Crippen molar-refractivity contribution < 1.29 is 28.5 Å².